The summed E-state index contributed by atoms with van der Waals surface area (Å²) in [7, 11) is 0. The second-order valence-electron chi connectivity index (χ2n) is 16.1. The van der Waals surface area contributed by atoms with E-state index in [1.807, 2.05) is 6.08 Å². The zero-order valence-corrected chi connectivity index (χ0v) is 27.4. The molecule has 0 bridgehead atoms. The zero-order valence-electron chi connectivity index (χ0n) is 27.4. The number of hydrogen-bond acceptors (Lipinski definition) is 6. The van der Waals surface area contributed by atoms with Gasteiger partial charge in [0, 0.05) is 49.3 Å². The van der Waals surface area contributed by atoms with Crippen molar-refractivity contribution in [3.05, 3.63) is 28.8 Å². The van der Waals surface area contributed by atoms with Gasteiger partial charge in [0.05, 0.1) is 6.10 Å². The maximum Gasteiger partial charge on any atom is 0.246 e. The molecular formula is C38H52N2O5. The smallest absolute Gasteiger partial charge is 0.246 e. The van der Waals surface area contributed by atoms with Gasteiger partial charge in [-0.05, 0) is 135 Å². The highest BCUT2D eigenvalue weighted by Gasteiger charge is 2.60. The standard InChI is InChI=1S/C38H52N2O5/c1-37-14-11-26(41)21-25(37)7-8-27-30-9-10-32(38(30,2)15-12-31(27)37)44-22-33(42)39-16-13-23-20-34(43)45-36-28-6-4-18-40-17-3-5-24(35(28)40)19-29(23)36/h19-20,25,27,30-32,34,43H,3-18,21-22H2,1-2H3,(H,39,42)/t25-,27-,30-,31-,32-,34?,37-,38-/m0/s1. The molecule has 4 saturated carbocycles. The third-order valence-corrected chi connectivity index (χ3v) is 13.9. The van der Waals surface area contributed by atoms with Gasteiger partial charge in [-0.15, -0.1) is 0 Å². The van der Waals surface area contributed by atoms with Crippen molar-refractivity contribution < 1.29 is 24.2 Å². The number of ether oxygens (including phenoxy) is 2. The van der Waals surface area contributed by atoms with Crippen molar-refractivity contribution in [1.82, 2.24) is 5.32 Å². The molecule has 1 aromatic rings. The highest BCUT2D eigenvalue weighted by Crippen LogP contribution is 2.66. The number of fused-ring (bicyclic) bond motifs is 7. The van der Waals surface area contributed by atoms with Crippen LogP contribution in [0.5, 0.6) is 5.75 Å². The van der Waals surface area contributed by atoms with Crippen LogP contribution in [0.25, 0.3) is 5.57 Å². The maximum atomic E-state index is 13.0. The number of amides is 1. The number of nitrogens with one attached hydrogen (secondary N) is 1. The Labute approximate surface area is 268 Å². The number of benzene rings is 1. The van der Waals surface area contributed by atoms with Crippen molar-refractivity contribution in [2.24, 2.45) is 34.5 Å². The molecule has 0 aromatic heterocycles. The van der Waals surface area contributed by atoms with E-state index in [2.05, 4.69) is 30.1 Å². The van der Waals surface area contributed by atoms with Crippen LogP contribution in [-0.2, 0) is 27.2 Å². The minimum absolute atomic E-state index is 0.0553. The fraction of sp³-hybridized carbons (Fsp3) is 0.737. The summed E-state index contributed by atoms with van der Waals surface area (Å²) in [6, 6.07) is 2.28. The topological polar surface area (TPSA) is 88.1 Å². The molecule has 4 aliphatic carbocycles. The van der Waals surface area contributed by atoms with Gasteiger partial charge in [0.15, 0.2) is 0 Å². The Morgan fingerprint density at radius 2 is 1.87 bits per heavy atom. The molecule has 0 radical (unpaired) electrons. The van der Waals surface area contributed by atoms with Crippen LogP contribution in [0.2, 0.25) is 0 Å². The monoisotopic (exact) mass is 616 g/mol. The van der Waals surface area contributed by atoms with Crippen molar-refractivity contribution in [3.8, 4) is 5.75 Å². The average molecular weight is 617 g/mol. The molecule has 7 nitrogen and oxygen atoms in total. The summed E-state index contributed by atoms with van der Waals surface area (Å²) in [5.74, 6) is 3.98. The molecule has 45 heavy (non-hydrogen) atoms. The molecule has 3 heterocycles. The van der Waals surface area contributed by atoms with Crippen LogP contribution >= 0.6 is 0 Å². The number of carbonyl (C=O) groups excluding carboxylic acids is 2. The minimum atomic E-state index is -0.954. The molecule has 2 N–H and O–H groups in total. The Balaban J connectivity index is 0.875. The number of rotatable bonds is 6. The lowest BCUT2D eigenvalue weighted by Gasteiger charge is -2.60. The summed E-state index contributed by atoms with van der Waals surface area (Å²) in [5.41, 5.74) is 6.59. The fourth-order valence-electron chi connectivity index (χ4n) is 11.7. The van der Waals surface area contributed by atoms with Crippen molar-refractivity contribution in [3.63, 3.8) is 0 Å². The first kappa shape index (κ1) is 30.0. The fourth-order valence-corrected chi connectivity index (χ4v) is 11.7. The lowest BCUT2D eigenvalue weighted by molar-refractivity contribution is -0.148. The summed E-state index contributed by atoms with van der Waals surface area (Å²) in [6.45, 7) is 7.76. The molecule has 1 amide bonds. The highest BCUT2D eigenvalue weighted by atomic mass is 16.6. The molecule has 1 unspecified atom stereocenters. The lowest BCUT2D eigenvalue weighted by Crippen LogP contribution is -2.54. The number of aliphatic hydroxyl groups excluding tert-OH is 1. The Bertz CT molecular complexity index is 1400. The van der Waals surface area contributed by atoms with Crippen LogP contribution in [0, 0.1) is 34.5 Å². The van der Waals surface area contributed by atoms with Crippen LogP contribution < -0.4 is 15.0 Å². The van der Waals surface area contributed by atoms with Crippen molar-refractivity contribution >= 4 is 23.0 Å². The van der Waals surface area contributed by atoms with Crippen LogP contribution in [-0.4, -0.2) is 55.4 Å². The molecule has 7 aliphatic rings. The summed E-state index contributed by atoms with van der Waals surface area (Å²) in [5, 5.41) is 13.7. The minimum Gasteiger partial charge on any atom is -0.460 e. The van der Waals surface area contributed by atoms with E-state index >= 15 is 0 Å². The van der Waals surface area contributed by atoms with Crippen molar-refractivity contribution in [2.75, 3.05) is 31.1 Å². The van der Waals surface area contributed by atoms with E-state index in [1.54, 1.807) is 0 Å². The molecule has 0 spiro atoms. The second-order valence-corrected chi connectivity index (χ2v) is 16.1. The first-order chi connectivity index (χ1) is 21.7. The van der Waals surface area contributed by atoms with Gasteiger partial charge in [-0.2, -0.15) is 0 Å². The van der Waals surface area contributed by atoms with Gasteiger partial charge in [-0.1, -0.05) is 13.8 Å². The maximum absolute atomic E-state index is 13.0. The number of carbonyl (C=O) groups is 2. The van der Waals surface area contributed by atoms with E-state index in [9.17, 15) is 14.7 Å². The van der Waals surface area contributed by atoms with E-state index in [0.717, 1.165) is 86.8 Å². The average Bonchev–Trinajstić information content (AvgIpc) is 3.37. The number of ketones is 1. The molecule has 0 saturated heterocycles. The van der Waals surface area contributed by atoms with Gasteiger partial charge >= 0.3 is 0 Å². The SMILES string of the molecule is C[C@]12CCC(=O)C[C@@H]1CC[C@@H]1[C@@H]2CC[C@]2(C)[C@@H](OCC(=O)NCCC3=CC(O)Oc4c3cc3c5c4CCCN5CCC3)CC[C@@H]12. The Kier molecular flexibility index (Phi) is 7.59. The van der Waals surface area contributed by atoms with Gasteiger partial charge in [0.2, 0.25) is 12.2 Å². The van der Waals surface area contributed by atoms with Crippen LogP contribution in [0.15, 0.2) is 12.1 Å². The largest absolute Gasteiger partial charge is 0.460 e. The van der Waals surface area contributed by atoms with E-state index in [-0.39, 0.29) is 24.0 Å². The van der Waals surface area contributed by atoms with E-state index < -0.39 is 6.29 Å². The van der Waals surface area contributed by atoms with Gasteiger partial charge in [-0.3, -0.25) is 9.59 Å². The quantitative estimate of drug-likeness (QED) is 0.409. The number of hydrogen-bond donors (Lipinski definition) is 2. The van der Waals surface area contributed by atoms with Gasteiger partial charge in [0.1, 0.15) is 18.1 Å². The Morgan fingerprint density at radius 1 is 1.04 bits per heavy atom. The summed E-state index contributed by atoms with van der Waals surface area (Å²) < 4.78 is 12.5. The number of aryl methyl sites for hydroxylation is 1. The molecular weight excluding hydrogens is 564 g/mol. The van der Waals surface area contributed by atoms with Gasteiger partial charge in [0.25, 0.3) is 0 Å². The summed E-state index contributed by atoms with van der Waals surface area (Å²) in [6.07, 6.45) is 15.8. The molecule has 8 rings (SSSR count). The van der Waals surface area contributed by atoms with E-state index in [4.69, 9.17) is 9.47 Å². The summed E-state index contributed by atoms with van der Waals surface area (Å²) in [4.78, 5) is 27.8. The molecule has 4 fully saturated rings. The first-order valence-electron chi connectivity index (χ1n) is 18.1. The zero-order chi connectivity index (χ0) is 30.9. The third kappa shape index (κ3) is 4.97. The number of anilines is 1. The second kappa shape index (κ2) is 11.4. The normalized spacial score (nSPS) is 38.2. The third-order valence-electron chi connectivity index (χ3n) is 13.9. The Morgan fingerprint density at radius 3 is 2.73 bits per heavy atom. The Hall–Kier alpha value is -2.38. The van der Waals surface area contributed by atoms with Crippen molar-refractivity contribution in [1.29, 1.82) is 0 Å². The van der Waals surface area contributed by atoms with Crippen molar-refractivity contribution in [2.45, 2.75) is 116 Å². The number of nitrogens with zero attached hydrogens (tertiary/aromatic N) is 1. The summed E-state index contributed by atoms with van der Waals surface area (Å²) >= 11 is 0. The van der Waals surface area contributed by atoms with Crippen LogP contribution in [0.4, 0.5) is 5.69 Å². The van der Waals surface area contributed by atoms with E-state index in [0.29, 0.717) is 36.0 Å². The van der Waals surface area contributed by atoms with Gasteiger partial charge in [-0.25, -0.2) is 0 Å². The van der Waals surface area contributed by atoms with Crippen LogP contribution in [0.3, 0.4) is 0 Å². The lowest BCUT2D eigenvalue weighted by atomic mass is 9.45. The number of Topliss-reactive ketones (excluding diaryl/α,β-unsaturated/α-hetero) is 1. The van der Waals surface area contributed by atoms with E-state index in [1.165, 1.54) is 55.3 Å². The predicted octanol–water partition coefficient (Wildman–Crippen LogP) is 5.98. The first-order valence-corrected chi connectivity index (χ1v) is 18.1. The highest BCUT2D eigenvalue weighted by molar-refractivity contribution is 5.82. The van der Waals surface area contributed by atoms with Crippen LogP contribution in [0.1, 0.15) is 108 Å². The molecule has 1 aromatic carbocycles. The molecule has 7 heteroatoms. The predicted molar refractivity (Wildman–Crippen MR) is 174 cm³/mol. The molecule has 3 aliphatic heterocycles. The number of aliphatic hydroxyl groups is 1. The molecule has 8 atom stereocenters. The molecule has 244 valence electrons. The van der Waals surface area contributed by atoms with Gasteiger partial charge < -0.3 is 24.8 Å².